The Morgan fingerprint density at radius 2 is 2.00 bits per heavy atom. The minimum Gasteiger partial charge on any atom is -0.456 e. The summed E-state index contributed by atoms with van der Waals surface area (Å²) in [6, 6.07) is 2.67. The molecule has 7 nitrogen and oxygen atoms in total. The van der Waals surface area contributed by atoms with E-state index in [0.717, 1.165) is 25.1 Å². The van der Waals surface area contributed by atoms with Crippen molar-refractivity contribution in [3.05, 3.63) is 47.0 Å². The molecule has 1 aliphatic heterocycles. The van der Waals surface area contributed by atoms with Gasteiger partial charge < -0.3 is 9.47 Å². The van der Waals surface area contributed by atoms with Crippen molar-refractivity contribution in [2.75, 3.05) is 11.1 Å². The molecule has 0 amide bonds. The predicted molar refractivity (Wildman–Crippen MR) is 93.9 cm³/mol. The molecule has 0 bridgehead atoms. The number of hydrogen-bond donors (Lipinski definition) is 1. The zero-order valence-corrected chi connectivity index (χ0v) is 16.7. The largest absolute Gasteiger partial charge is 0.456 e. The number of carbonyl (C=O) groups is 2. The van der Waals surface area contributed by atoms with Crippen LogP contribution in [0.25, 0.3) is 0 Å². The molecular formula is C16H16BrF2NO6S. The molecule has 0 radical (unpaired) electrons. The zero-order chi connectivity index (χ0) is 20.4. The summed E-state index contributed by atoms with van der Waals surface area (Å²) in [5.74, 6) is -5.67. The summed E-state index contributed by atoms with van der Waals surface area (Å²) < 4.78 is 63.4. The van der Waals surface area contributed by atoms with Crippen LogP contribution >= 0.6 is 15.9 Å². The van der Waals surface area contributed by atoms with Crippen LogP contribution < -0.4 is 4.72 Å². The molecule has 0 spiro atoms. The van der Waals surface area contributed by atoms with Crippen LogP contribution in [0.15, 0.2) is 29.8 Å². The highest BCUT2D eigenvalue weighted by molar-refractivity contribution is 9.09. The van der Waals surface area contributed by atoms with Crippen molar-refractivity contribution in [1.82, 2.24) is 4.72 Å². The molecule has 11 heteroatoms. The number of hydrogen-bond acceptors (Lipinski definition) is 6. The number of carbonyl (C=O) groups excluding carboxylic acids is 2. The van der Waals surface area contributed by atoms with Gasteiger partial charge in [-0.05, 0) is 25.5 Å². The second-order valence-electron chi connectivity index (χ2n) is 5.81. The van der Waals surface area contributed by atoms with Crippen molar-refractivity contribution in [1.29, 1.82) is 0 Å². The number of ketones is 1. The fourth-order valence-electron chi connectivity index (χ4n) is 2.34. The van der Waals surface area contributed by atoms with E-state index in [-0.39, 0.29) is 17.7 Å². The SMILES string of the molecule is CC(=O)OC1=C(NS(=O)(=O)CCCBr)OC(C)(c2ccc(F)c(F)c2)C1=O. The van der Waals surface area contributed by atoms with Gasteiger partial charge in [-0.25, -0.2) is 17.2 Å². The van der Waals surface area contributed by atoms with Gasteiger partial charge in [0.05, 0.1) is 5.75 Å². The van der Waals surface area contributed by atoms with E-state index < -0.39 is 50.7 Å². The van der Waals surface area contributed by atoms with E-state index in [4.69, 9.17) is 9.47 Å². The second kappa shape index (κ2) is 7.93. The number of Topliss-reactive ketones (excluding diaryl/α,β-unsaturated/α-hetero) is 1. The van der Waals surface area contributed by atoms with Gasteiger partial charge >= 0.3 is 5.97 Å². The molecule has 1 N–H and O–H groups in total. The number of sulfonamides is 1. The minimum absolute atomic E-state index is 0.0780. The van der Waals surface area contributed by atoms with E-state index in [0.29, 0.717) is 5.33 Å². The van der Waals surface area contributed by atoms with Crippen LogP contribution in [-0.2, 0) is 34.7 Å². The lowest BCUT2D eigenvalue weighted by molar-refractivity contribution is -0.142. The van der Waals surface area contributed by atoms with Gasteiger partial charge in [0.15, 0.2) is 17.2 Å². The Morgan fingerprint density at radius 1 is 1.33 bits per heavy atom. The maximum Gasteiger partial charge on any atom is 0.308 e. The number of benzene rings is 1. The lowest BCUT2D eigenvalue weighted by Crippen LogP contribution is -2.33. The molecule has 1 aliphatic rings. The van der Waals surface area contributed by atoms with Crippen molar-refractivity contribution in [3.63, 3.8) is 0 Å². The smallest absolute Gasteiger partial charge is 0.308 e. The van der Waals surface area contributed by atoms with E-state index >= 15 is 0 Å². The number of ether oxygens (including phenoxy) is 2. The molecule has 148 valence electrons. The first-order valence-corrected chi connectivity index (χ1v) is 10.5. The monoisotopic (exact) mass is 467 g/mol. The number of esters is 1. The Kier molecular flexibility index (Phi) is 6.25. The first-order valence-electron chi connectivity index (χ1n) is 7.68. The quantitative estimate of drug-likeness (QED) is 0.487. The number of halogens is 3. The van der Waals surface area contributed by atoms with Gasteiger partial charge in [0, 0.05) is 17.8 Å². The number of nitrogens with one attached hydrogen (secondary N) is 1. The number of alkyl halides is 1. The van der Waals surface area contributed by atoms with Crippen LogP contribution in [0.4, 0.5) is 8.78 Å². The Bertz CT molecular complexity index is 917. The van der Waals surface area contributed by atoms with E-state index in [9.17, 15) is 26.8 Å². The summed E-state index contributed by atoms with van der Waals surface area (Å²) in [6.07, 6.45) is 0.278. The molecule has 0 aliphatic carbocycles. The van der Waals surface area contributed by atoms with Crippen LogP contribution in [0, 0.1) is 11.6 Å². The van der Waals surface area contributed by atoms with Crippen molar-refractivity contribution in [2.45, 2.75) is 25.9 Å². The number of rotatable bonds is 7. The summed E-state index contributed by atoms with van der Waals surface area (Å²) in [5.41, 5.74) is -1.99. The third kappa shape index (κ3) is 4.64. The normalized spacial score (nSPS) is 19.8. The van der Waals surface area contributed by atoms with Crippen molar-refractivity contribution < 1.29 is 36.3 Å². The third-order valence-electron chi connectivity index (χ3n) is 3.66. The molecule has 1 atom stereocenters. The summed E-state index contributed by atoms with van der Waals surface area (Å²) in [6.45, 7) is 2.25. The average Bonchev–Trinajstić information content (AvgIpc) is 2.80. The molecule has 0 saturated carbocycles. The van der Waals surface area contributed by atoms with Gasteiger partial charge in [0.2, 0.25) is 21.7 Å². The summed E-state index contributed by atoms with van der Waals surface area (Å²) in [7, 11) is -3.91. The molecule has 0 fully saturated rings. The van der Waals surface area contributed by atoms with Crippen LogP contribution in [0.3, 0.4) is 0 Å². The molecule has 0 saturated heterocycles. The van der Waals surface area contributed by atoms with Crippen molar-refractivity contribution >= 4 is 37.7 Å². The zero-order valence-electron chi connectivity index (χ0n) is 14.3. The van der Waals surface area contributed by atoms with Crippen LogP contribution in [0.2, 0.25) is 0 Å². The molecular weight excluding hydrogens is 452 g/mol. The van der Waals surface area contributed by atoms with E-state index in [1.54, 1.807) is 0 Å². The Hall–Kier alpha value is -2.01. The molecule has 1 heterocycles. The van der Waals surface area contributed by atoms with Crippen LogP contribution in [-0.4, -0.2) is 31.3 Å². The van der Waals surface area contributed by atoms with Crippen LogP contribution in [0.1, 0.15) is 25.8 Å². The summed E-state index contributed by atoms with van der Waals surface area (Å²) in [5, 5.41) is 0.427. The van der Waals surface area contributed by atoms with Crippen molar-refractivity contribution in [3.8, 4) is 0 Å². The first-order chi connectivity index (χ1) is 12.5. The van der Waals surface area contributed by atoms with Gasteiger partial charge in [0.25, 0.3) is 5.78 Å². The maximum absolute atomic E-state index is 13.6. The Balaban J connectivity index is 2.43. The molecule has 0 aromatic heterocycles. The maximum atomic E-state index is 13.6. The highest BCUT2D eigenvalue weighted by Gasteiger charge is 2.50. The Labute approximate surface area is 162 Å². The van der Waals surface area contributed by atoms with Crippen molar-refractivity contribution in [2.24, 2.45) is 0 Å². The highest BCUT2D eigenvalue weighted by atomic mass is 79.9. The third-order valence-corrected chi connectivity index (χ3v) is 5.55. The summed E-state index contributed by atoms with van der Waals surface area (Å²) >= 11 is 3.11. The molecule has 1 aromatic carbocycles. The lowest BCUT2D eigenvalue weighted by Gasteiger charge is -2.23. The fourth-order valence-corrected chi connectivity index (χ4v) is 4.03. The van der Waals surface area contributed by atoms with Crippen LogP contribution in [0.5, 0.6) is 0 Å². The minimum atomic E-state index is -3.91. The lowest BCUT2D eigenvalue weighted by atomic mass is 9.91. The van der Waals surface area contributed by atoms with Gasteiger partial charge in [0.1, 0.15) is 0 Å². The first kappa shape index (κ1) is 21.3. The second-order valence-corrected chi connectivity index (χ2v) is 8.44. The predicted octanol–water partition coefficient (Wildman–Crippen LogP) is 2.22. The fraction of sp³-hybridized carbons (Fsp3) is 0.375. The van der Waals surface area contributed by atoms with Gasteiger partial charge in [-0.2, -0.15) is 0 Å². The molecule has 27 heavy (non-hydrogen) atoms. The summed E-state index contributed by atoms with van der Waals surface area (Å²) in [4.78, 5) is 24.1. The van der Waals surface area contributed by atoms with Gasteiger partial charge in [-0.1, -0.05) is 22.0 Å². The standard InChI is InChI=1S/C16H16BrF2NO6S/c1-9(21)25-13-14(22)16(2,10-4-5-11(18)12(19)8-10)26-15(13)20-27(23,24)7-3-6-17/h4-5,8,20H,3,6-7H2,1-2H3. The topological polar surface area (TPSA) is 98.8 Å². The van der Waals surface area contributed by atoms with Gasteiger partial charge in [-0.15, -0.1) is 0 Å². The van der Waals surface area contributed by atoms with E-state index in [1.807, 2.05) is 0 Å². The molecule has 1 aromatic rings. The van der Waals surface area contributed by atoms with Gasteiger partial charge in [-0.3, -0.25) is 14.3 Å². The highest BCUT2D eigenvalue weighted by Crippen LogP contribution is 2.39. The average molecular weight is 468 g/mol. The van der Waals surface area contributed by atoms with E-state index in [2.05, 4.69) is 20.7 Å². The molecule has 2 rings (SSSR count). The molecule has 1 unspecified atom stereocenters. The van der Waals surface area contributed by atoms with E-state index in [1.165, 1.54) is 6.92 Å². The Morgan fingerprint density at radius 3 is 2.56 bits per heavy atom.